The maximum atomic E-state index is 11.8. The van der Waals surface area contributed by atoms with E-state index in [2.05, 4.69) is 10.3 Å². The standard InChI is InChI=1S/C13H17ClN2O5/c1-13(2,3)21-10(17)5-9(12(19)20)16-11(18)8-4-7(14)6-15-8/h4,6,9,15H,5H2,1-3H3,(H,16,18)(H,19,20)/t9-/m0/s1. The molecule has 7 nitrogen and oxygen atoms in total. The van der Waals surface area contributed by atoms with E-state index in [0.717, 1.165) is 0 Å². The fraction of sp³-hybridized carbons (Fsp3) is 0.462. The van der Waals surface area contributed by atoms with Crippen molar-refractivity contribution in [3.63, 3.8) is 0 Å². The van der Waals surface area contributed by atoms with Crippen LogP contribution in [0.5, 0.6) is 0 Å². The quantitative estimate of drug-likeness (QED) is 0.715. The van der Waals surface area contributed by atoms with Crippen molar-refractivity contribution in [1.82, 2.24) is 10.3 Å². The number of aliphatic carboxylic acids is 1. The van der Waals surface area contributed by atoms with E-state index in [1.54, 1.807) is 20.8 Å². The normalized spacial score (nSPS) is 12.6. The first kappa shape index (κ1) is 17.0. The minimum atomic E-state index is -1.38. The van der Waals surface area contributed by atoms with E-state index in [4.69, 9.17) is 21.4 Å². The molecule has 0 aliphatic heterocycles. The van der Waals surface area contributed by atoms with E-state index < -0.39 is 35.9 Å². The molecule has 1 aromatic heterocycles. The first-order valence-corrected chi connectivity index (χ1v) is 6.56. The third kappa shape index (κ3) is 5.86. The van der Waals surface area contributed by atoms with Gasteiger partial charge in [0.25, 0.3) is 5.91 Å². The minimum absolute atomic E-state index is 0.107. The number of H-pyrrole nitrogens is 1. The zero-order chi connectivity index (χ0) is 16.2. The Labute approximate surface area is 126 Å². The highest BCUT2D eigenvalue weighted by atomic mass is 35.5. The van der Waals surface area contributed by atoms with Gasteiger partial charge in [-0.05, 0) is 26.8 Å². The number of nitrogens with one attached hydrogen (secondary N) is 2. The van der Waals surface area contributed by atoms with Crippen LogP contribution in [0.15, 0.2) is 12.3 Å². The molecule has 1 rings (SSSR count). The van der Waals surface area contributed by atoms with Gasteiger partial charge in [-0.1, -0.05) is 11.6 Å². The Balaban J connectivity index is 2.68. The number of esters is 1. The summed E-state index contributed by atoms with van der Waals surface area (Å²) in [5, 5.41) is 11.6. The van der Waals surface area contributed by atoms with Gasteiger partial charge in [0, 0.05) is 6.20 Å². The van der Waals surface area contributed by atoms with Gasteiger partial charge in [-0.3, -0.25) is 9.59 Å². The highest BCUT2D eigenvalue weighted by molar-refractivity contribution is 6.31. The number of aromatic nitrogens is 1. The van der Waals surface area contributed by atoms with E-state index >= 15 is 0 Å². The highest BCUT2D eigenvalue weighted by Crippen LogP contribution is 2.11. The van der Waals surface area contributed by atoms with Crippen molar-refractivity contribution in [3.8, 4) is 0 Å². The lowest BCUT2D eigenvalue weighted by atomic mass is 10.1. The molecule has 116 valence electrons. The minimum Gasteiger partial charge on any atom is -0.480 e. The number of aromatic amines is 1. The molecule has 8 heteroatoms. The third-order valence-electron chi connectivity index (χ3n) is 2.29. The molecule has 0 radical (unpaired) electrons. The predicted molar refractivity (Wildman–Crippen MR) is 75.2 cm³/mol. The Morgan fingerprint density at radius 2 is 2.05 bits per heavy atom. The van der Waals surface area contributed by atoms with Crippen molar-refractivity contribution >= 4 is 29.4 Å². The van der Waals surface area contributed by atoms with Gasteiger partial charge in [-0.15, -0.1) is 0 Å². The summed E-state index contributed by atoms with van der Waals surface area (Å²) in [5.74, 6) is -2.70. The summed E-state index contributed by atoms with van der Waals surface area (Å²) in [4.78, 5) is 37.2. The molecule has 0 aromatic carbocycles. The first-order chi connectivity index (χ1) is 9.58. The number of hydrogen-bond acceptors (Lipinski definition) is 4. The SMILES string of the molecule is CC(C)(C)OC(=O)C[C@H](NC(=O)c1cc(Cl)c[nH]1)C(=O)O. The van der Waals surface area contributed by atoms with Gasteiger partial charge < -0.3 is 20.1 Å². The summed E-state index contributed by atoms with van der Waals surface area (Å²) in [6.07, 6.45) is 0.924. The number of ether oxygens (including phenoxy) is 1. The van der Waals surface area contributed by atoms with Gasteiger partial charge in [-0.2, -0.15) is 0 Å². The van der Waals surface area contributed by atoms with Crippen molar-refractivity contribution in [1.29, 1.82) is 0 Å². The van der Waals surface area contributed by atoms with Crippen LogP contribution in [0.4, 0.5) is 0 Å². The number of carboxylic acids is 1. The monoisotopic (exact) mass is 316 g/mol. The summed E-state index contributed by atoms with van der Waals surface area (Å²) >= 11 is 5.66. The summed E-state index contributed by atoms with van der Waals surface area (Å²) in [6, 6.07) is -0.0297. The van der Waals surface area contributed by atoms with Crippen molar-refractivity contribution in [2.24, 2.45) is 0 Å². The molecular formula is C13H17ClN2O5. The van der Waals surface area contributed by atoms with Crippen LogP contribution in [0, 0.1) is 0 Å². The Morgan fingerprint density at radius 3 is 2.48 bits per heavy atom. The van der Waals surface area contributed by atoms with E-state index in [1.807, 2.05) is 0 Å². The number of halogens is 1. The summed E-state index contributed by atoms with van der Waals surface area (Å²) < 4.78 is 5.03. The smallest absolute Gasteiger partial charge is 0.326 e. The van der Waals surface area contributed by atoms with E-state index in [-0.39, 0.29) is 5.69 Å². The van der Waals surface area contributed by atoms with Gasteiger partial charge >= 0.3 is 11.9 Å². The zero-order valence-corrected chi connectivity index (χ0v) is 12.7. The van der Waals surface area contributed by atoms with Crippen LogP contribution < -0.4 is 5.32 Å². The van der Waals surface area contributed by atoms with E-state index in [1.165, 1.54) is 12.3 Å². The molecule has 0 spiro atoms. The Bertz CT molecular complexity index is 547. The topological polar surface area (TPSA) is 108 Å². The second kappa shape index (κ2) is 6.62. The number of carbonyl (C=O) groups excluding carboxylic acids is 2. The van der Waals surface area contributed by atoms with Crippen LogP contribution in [-0.4, -0.2) is 39.6 Å². The van der Waals surface area contributed by atoms with E-state index in [0.29, 0.717) is 5.02 Å². The number of rotatable bonds is 5. The lowest BCUT2D eigenvalue weighted by molar-refractivity contribution is -0.158. The highest BCUT2D eigenvalue weighted by Gasteiger charge is 2.27. The van der Waals surface area contributed by atoms with Crippen molar-refractivity contribution in [3.05, 3.63) is 23.0 Å². The fourth-order valence-electron chi connectivity index (χ4n) is 1.48. The third-order valence-corrected chi connectivity index (χ3v) is 2.50. The molecule has 1 aromatic rings. The van der Waals surface area contributed by atoms with Gasteiger partial charge in [0.05, 0.1) is 11.4 Å². The Morgan fingerprint density at radius 1 is 1.43 bits per heavy atom. The summed E-state index contributed by atoms with van der Waals surface area (Å²) in [6.45, 7) is 5.00. The van der Waals surface area contributed by atoms with Gasteiger partial charge in [0.1, 0.15) is 17.3 Å². The molecular weight excluding hydrogens is 300 g/mol. The van der Waals surface area contributed by atoms with Gasteiger partial charge in [0.2, 0.25) is 0 Å². The number of carboxylic acid groups (broad SMARTS) is 1. The van der Waals surface area contributed by atoms with Crippen molar-refractivity contribution < 1.29 is 24.2 Å². The van der Waals surface area contributed by atoms with Crippen LogP contribution in [0.1, 0.15) is 37.7 Å². The average molecular weight is 317 g/mol. The van der Waals surface area contributed by atoms with Crippen molar-refractivity contribution in [2.75, 3.05) is 0 Å². The van der Waals surface area contributed by atoms with Gasteiger partial charge in [0.15, 0.2) is 0 Å². The molecule has 1 atom stereocenters. The molecule has 1 heterocycles. The maximum Gasteiger partial charge on any atom is 0.326 e. The van der Waals surface area contributed by atoms with E-state index in [9.17, 15) is 14.4 Å². The second-order valence-electron chi connectivity index (χ2n) is 5.39. The van der Waals surface area contributed by atoms with Gasteiger partial charge in [-0.25, -0.2) is 4.79 Å². The number of carbonyl (C=O) groups is 3. The van der Waals surface area contributed by atoms with Crippen LogP contribution in [0.2, 0.25) is 5.02 Å². The number of amides is 1. The average Bonchev–Trinajstić information content (AvgIpc) is 2.72. The number of hydrogen-bond donors (Lipinski definition) is 3. The molecule has 0 unspecified atom stereocenters. The summed E-state index contributed by atoms with van der Waals surface area (Å²) in [5.41, 5.74) is -0.618. The maximum absolute atomic E-state index is 11.8. The molecule has 0 bridgehead atoms. The molecule has 0 saturated heterocycles. The molecule has 21 heavy (non-hydrogen) atoms. The first-order valence-electron chi connectivity index (χ1n) is 6.18. The lowest BCUT2D eigenvalue weighted by Gasteiger charge is -2.21. The molecule has 3 N–H and O–H groups in total. The Hall–Kier alpha value is -2.02. The van der Waals surface area contributed by atoms with Crippen molar-refractivity contribution in [2.45, 2.75) is 38.8 Å². The molecule has 0 fully saturated rings. The second-order valence-corrected chi connectivity index (χ2v) is 5.82. The zero-order valence-electron chi connectivity index (χ0n) is 11.9. The summed E-state index contributed by atoms with van der Waals surface area (Å²) in [7, 11) is 0. The van der Waals surface area contributed by atoms with Crippen LogP contribution >= 0.6 is 11.6 Å². The van der Waals surface area contributed by atoms with Crippen LogP contribution in [0.25, 0.3) is 0 Å². The lowest BCUT2D eigenvalue weighted by Crippen LogP contribution is -2.43. The molecule has 1 amide bonds. The van der Waals surface area contributed by atoms with Crippen LogP contribution in [0.3, 0.4) is 0 Å². The Kier molecular flexibility index (Phi) is 5.37. The van der Waals surface area contributed by atoms with Crippen LogP contribution in [-0.2, 0) is 14.3 Å². The fourth-order valence-corrected chi connectivity index (χ4v) is 1.65. The molecule has 0 aliphatic carbocycles. The molecule has 0 saturated carbocycles. The molecule has 0 aliphatic rings. The largest absolute Gasteiger partial charge is 0.480 e. The predicted octanol–water partition coefficient (Wildman–Crippen LogP) is 1.58.